The Balaban J connectivity index is 2.01. The van der Waals surface area contributed by atoms with Crippen molar-refractivity contribution in [1.29, 1.82) is 0 Å². The summed E-state index contributed by atoms with van der Waals surface area (Å²) in [6, 6.07) is 0.146. The van der Waals surface area contributed by atoms with E-state index in [0.717, 1.165) is 44.3 Å². The first kappa shape index (κ1) is 11.9. The average Bonchev–Trinajstić information content (AvgIpc) is 2.41. The quantitative estimate of drug-likeness (QED) is 0.734. The molecule has 2 saturated heterocycles. The SMILES string of the molecule is CC1CC(C)CN(C2CCCCNC2=O)C1. The third-order valence-corrected chi connectivity index (χ3v) is 3.84. The molecular formula is C13H24N2O. The number of hydrogen-bond acceptors (Lipinski definition) is 2. The van der Waals surface area contributed by atoms with Gasteiger partial charge in [-0.2, -0.15) is 0 Å². The first-order chi connectivity index (χ1) is 7.66. The van der Waals surface area contributed by atoms with Crippen molar-refractivity contribution in [3.63, 3.8) is 0 Å². The Hall–Kier alpha value is -0.570. The van der Waals surface area contributed by atoms with Gasteiger partial charge in [0.05, 0.1) is 6.04 Å². The second kappa shape index (κ2) is 5.17. The first-order valence-electron chi connectivity index (χ1n) is 6.68. The second-order valence-corrected chi connectivity index (χ2v) is 5.70. The Kier molecular flexibility index (Phi) is 3.85. The van der Waals surface area contributed by atoms with Crippen molar-refractivity contribution < 1.29 is 4.79 Å². The van der Waals surface area contributed by atoms with Gasteiger partial charge in [-0.05, 0) is 37.5 Å². The van der Waals surface area contributed by atoms with Crippen LogP contribution in [0, 0.1) is 11.8 Å². The molecule has 0 spiro atoms. The van der Waals surface area contributed by atoms with Gasteiger partial charge in [-0.1, -0.05) is 13.8 Å². The Morgan fingerprint density at radius 3 is 2.56 bits per heavy atom. The number of likely N-dealkylation sites (tertiary alicyclic amines) is 1. The zero-order chi connectivity index (χ0) is 11.5. The van der Waals surface area contributed by atoms with Crippen molar-refractivity contribution in [3.8, 4) is 0 Å². The van der Waals surface area contributed by atoms with Crippen LogP contribution in [0.5, 0.6) is 0 Å². The summed E-state index contributed by atoms with van der Waals surface area (Å²) in [6.45, 7) is 7.67. The van der Waals surface area contributed by atoms with Crippen molar-refractivity contribution in [2.45, 2.75) is 45.6 Å². The fourth-order valence-corrected chi connectivity index (χ4v) is 3.24. The lowest BCUT2D eigenvalue weighted by molar-refractivity contribution is -0.127. The molecule has 0 aromatic rings. The fourth-order valence-electron chi connectivity index (χ4n) is 3.24. The van der Waals surface area contributed by atoms with E-state index in [2.05, 4.69) is 24.1 Å². The van der Waals surface area contributed by atoms with Gasteiger partial charge in [0.1, 0.15) is 0 Å². The van der Waals surface area contributed by atoms with E-state index >= 15 is 0 Å². The maximum Gasteiger partial charge on any atom is 0.237 e. The Bertz CT molecular complexity index is 244. The van der Waals surface area contributed by atoms with Crippen LogP contribution in [-0.4, -0.2) is 36.5 Å². The number of carbonyl (C=O) groups is 1. The molecule has 3 heteroatoms. The highest BCUT2D eigenvalue weighted by Crippen LogP contribution is 2.24. The summed E-state index contributed by atoms with van der Waals surface area (Å²) < 4.78 is 0. The topological polar surface area (TPSA) is 32.3 Å². The summed E-state index contributed by atoms with van der Waals surface area (Å²) in [5.74, 6) is 1.73. The van der Waals surface area contributed by atoms with E-state index in [9.17, 15) is 4.79 Å². The van der Waals surface area contributed by atoms with Crippen LogP contribution in [0.2, 0.25) is 0 Å². The molecule has 0 bridgehead atoms. The molecule has 2 rings (SSSR count). The summed E-state index contributed by atoms with van der Waals surface area (Å²) in [6.07, 6.45) is 4.68. The van der Waals surface area contributed by atoms with Crippen LogP contribution in [0.3, 0.4) is 0 Å². The van der Waals surface area contributed by atoms with Crippen LogP contribution >= 0.6 is 0 Å². The molecule has 16 heavy (non-hydrogen) atoms. The summed E-state index contributed by atoms with van der Waals surface area (Å²) in [7, 11) is 0. The third kappa shape index (κ3) is 2.76. The van der Waals surface area contributed by atoms with E-state index in [0.29, 0.717) is 0 Å². The van der Waals surface area contributed by atoms with E-state index in [4.69, 9.17) is 0 Å². The largest absolute Gasteiger partial charge is 0.355 e. The van der Waals surface area contributed by atoms with E-state index in [-0.39, 0.29) is 11.9 Å². The zero-order valence-electron chi connectivity index (χ0n) is 10.5. The number of carbonyl (C=O) groups excluding carboxylic acids is 1. The van der Waals surface area contributed by atoms with Gasteiger partial charge >= 0.3 is 0 Å². The molecule has 3 unspecified atom stereocenters. The predicted octanol–water partition coefficient (Wildman–Crippen LogP) is 1.63. The highest BCUT2D eigenvalue weighted by atomic mass is 16.2. The van der Waals surface area contributed by atoms with Gasteiger partial charge in [0, 0.05) is 19.6 Å². The molecule has 0 saturated carbocycles. The second-order valence-electron chi connectivity index (χ2n) is 5.70. The molecule has 1 amide bonds. The lowest BCUT2D eigenvalue weighted by atomic mass is 9.90. The van der Waals surface area contributed by atoms with Crippen LogP contribution in [0.1, 0.15) is 39.5 Å². The minimum absolute atomic E-state index is 0.146. The number of nitrogens with one attached hydrogen (secondary N) is 1. The molecule has 0 aliphatic carbocycles. The summed E-state index contributed by atoms with van der Waals surface area (Å²) in [5.41, 5.74) is 0. The standard InChI is InChI=1S/C13H24N2O/c1-10-7-11(2)9-15(8-10)12-5-3-4-6-14-13(12)16/h10-12H,3-9H2,1-2H3,(H,14,16). The Morgan fingerprint density at radius 1 is 1.19 bits per heavy atom. The molecule has 2 fully saturated rings. The van der Waals surface area contributed by atoms with Crippen molar-refractivity contribution >= 4 is 5.91 Å². The third-order valence-electron chi connectivity index (χ3n) is 3.84. The van der Waals surface area contributed by atoms with Crippen LogP contribution < -0.4 is 5.32 Å². The van der Waals surface area contributed by atoms with Crippen molar-refractivity contribution in [3.05, 3.63) is 0 Å². The number of piperidine rings is 1. The smallest absolute Gasteiger partial charge is 0.237 e. The van der Waals surface area contributed by atoms with Gasteiger partial charge in [0.15, 0.2) is 0 Å². The molecule has 0 aromatic carbocycles. The maximum absolute atomic E-state index is 12.0. The zero-order valence-corrected chi connectivity index (χ0v) is 10.5. The number of nitrogens with zero attached hydrogens (tertiary/aromatic N) is 1. The van der Waals surface area contributed by atoms with Gasteiger partial charge in [0.25, 0.3) is 0 Å². The summed E-state index contributed by atoms with van der Waals surface area (Å²) in [4.78, 5) is 14.4. The molecular weight excluding hydrogens is 200 g/mol. The summed E-state index contributed by atoms with van der Waals surface area (Å²) >= 11 is 0. The lowest BCUT2D eigenvalue weighted by Crippen LogP contribution is -2.51. The minimum Gasteiger partial charge on any atom is -0.355 e. The van der Waals surface area contributed by atoms with Gasteiger partial charge < -0.3 is 5.32 Å². The van der Waals surface area contributed by atoms with E-state index in [1.54, 1.807) is 0 Å². The van der Waals surface area contributed by atoms with E-state index in [1.165, 1.54) is 12.8 Å². The highest BCUT2D eigenvalue weighted by molar-refractivity contribution is 5.81. The van der Waals surface area contributed by atoms with Gasteiger partial charge in [0.2, 0.25) is 5.91 Å². The molecule has 2 aliphatic heterocycles. The highest BCUT2D eigenvalue weighted by Gasteiger charge is 2.31. The number of hydrogen-bond donors (Lipinski definition) is 1. The minimum atomic E-state index is 0.146. The van der Waals surface area contributed by atoms with Crippen LogP contribution in [-0.2, 0) is 4.79 Å². The molecule has 3 nitrogen and oxygen atoms in total. The maximum atomic E-state index is 12.0. The number of amides is 1. The van der Waals surface area contributed by atoms with Crippen molar-refractivity contribution in [2.24, 2.45) is 11.8 Å². The van der Waals surface area contributed by atoms with Gasteiger partial charge in [-0.25, -0.2) is 0 Å². The first-order valence-corrected chi connectivity index (χ1v) is 6.68. The predicted molar refractivity (Wildman–Crippen MR) is 65.2 cm³/mol. The Labute approximate surface area is 98.6 Å². The Morgan fingerprint density at radius 2 is 1.88 bits per heavy atom. The number of rotatable bonds is 1. The van der Waals surface area contributed by atoms with E-state index < -0.39 is 0 Å². The van der Waals surface area contributed by atoms with Crippen LogP contribution in [0.25, 0.3) is 0 Å². The van der Waals surface area contributed by atoms with Crippen molar-refractivity contribution in [2.75, 3.05) is 19.6 Å². The molecule has 2 aliphatic rings. The van der Waals surface area contributed by atoms with Crippen molar-refractivity contribution in [1.82, 2.24) is 10.2 Å². The molecule has 0 radical (unpaired) electrons. The molecule has 0 aromatic heterocycles. The van der Waals surface area contributed by atoms with Gasteiger partial charge in [-0.3, -0.25) is 9.69 Å². The fraction of sp³-hybridized carbons (Fsp3) is 0.923. The average molecular weight is 224 g/mol. The van der Waals surface area contributed by atoms with Gasteiger partial charge in [-0.15, -0.1) is 0 Å². The molecule has 3 atom stereocenters. The molecule has 2 heterocycles. The van der Waals surface area contributed by atoms with E-state index in [1.807, 2.05) is 0 Å². The lowest BCUT2D eigenvalue weighted by Gasteiger charge is -2.39. The molecule has 1 N–H and O–H groups in total. The molecule has 92 valence electrons. The van der Waals surface area contributed by atoms with Crippen LogP contribution in [0.15, 0.2) is 0 Å². The summed E-state index contributed by atoms with van der Waals surface area (Å²) in [5, 5.41) is 3.04. The van der Waals surface area contributed by atoms with Crippen LogP contribution in [0.4, 0.5) is 0 Å². The normalized spacial score (nSPS) is 37.9. The monoisotopic (exact) mass is 224 g/mol.